The Morgan fingerprint density at radius 3 is 2.51 bits per heavy atom. The second-order valence-corrected chi connectivity index (χ2v) is 13.6. The summed E-state index contributed by atoms with van der Waals surface area (Å²) >= 11 is 0. The summed E-state index contributed by atoms with van der Waals surface area (Å²) < 4.78 is 10.4. The molecule has 234 valence electrons. The predicted molar refractivity (Wildman–Crippen MR) is 182 cm³/mol. The highest BCUT2D eigenvalue weighted by atomic mass is 16.5. The van der Waals surface area contributed by atoms with Crippen LogP contribution in [0.3, 0.4) is 0 Å². The Morgan fingerprint density at radius 1 is 0.957 bits per heavy atom. The van der Waals surface area contributed by atoms with Crippen LogP contribution in [0.15, 0.2) is 66.7 Å². The highest BCUT2D eigenvalue weighted by Gasteiger charge is 2.47. The summed E-state index contributed by atoms with van der Waals surface area (Å²) in [5.74, 6) is 2.52. The van der Waals surface area contributed by atoms with Crippen molar-refractivity contribution in [2.24, 2.45) is 24.6 Å². The molecule has 3 aromatic heterocycles. The molecule has 3 atom stereocenters. The van der Waals surface area contributed by atoms with Crippen LogP contribution < -0.4 is 10.5 Å². The number of nitrogens with zero attached hydrogens (tertiary/aromatic N) is 6. The average molecular weight is 622 g/mol. The van der Waals surface area contributed by atoms with E-state index in [0.29, 0.717) is 28.8 Å². The maximum Gasteiger partial charge on any atom is 0.254 e. The highest BCUT2D eigenvalue weighted by Crippen LogP contribution is 2.41. The van der Waals surface area contributed by atoms with Crippen molar-refractivity contribution in [1.82, 2.24) is 24.0 Å². The molecule has 1 saturated heterocycles. The largest absolute Gasteiger partial charge is 0.494 e. The number of likely N-dealkylation sites (tertiary alicyclic amines) is 1. The van der Waals surface area contributed by atoms with Gasteiger partial charge >= 0.3 is 0 Å². The van der Waals surface area contributed by atoms with Gasteiger partial charge in [-0.15, -0.1) is 0 Å². The van der Waals surface area contributed by atoms with Crippen molar-refractivity contribution in [2.45, 2.75) is 44.3 Å². The molecular weight excluding hydrogens is 586 g/mol. The molecule has 3 fully saturated rings. The molecule has 2 unspecified atom stereocenters. The molecule has 3 aromatic carbocycles. The second-order valence-electron chi connectivity index (χ2n) is 13.6. The van der Waals surface area contributed by atoms with E-state index >= 15 is 0 Å². The van der Waals surface area contributed by atoms with Crippen LogP contribution >= 0.6 is 0 Å². The van der Waals surface area contributed by atoms with Crippen molar-refractivity contribution in [3.63, 3.8) is 0 Å². The molecule has 1 aliphatic heterocycles. The number of hydrogen-bond acceptors (Lipinski definition) is 6. The van der Waals surface area contributed by atoms with Crippen molar-refractivity contribution >= 4 is 38.7 Å². The molecule has 2 saturated carbocycles. The normalized spacial score (nSPS) is 20.5. The van der Waals surface area contributed by atoms with Crippen LogP contribution in [0, 0.1) is 23.2 Å². The van der Waals surface area contributed by atoms with Gasteiger partial charge in [-0.25, -0.2) is 9.97 Å². The fourth-order valence-corrected chi connectivity index (χ4v) is 8.01. The van der Waals surface area contributed by atoms with Crippen molar-refractivity contribution in [2.75, 3.05) is 13.7 Å². The number of carbonyl (C=O) groups excluding carboxylic acids is 1. The topological polar surface area (TPSA) is 115 Å². The van der Waals surface area contributed by atoms with Gasteiger partial charge in [0.1, 0.15) is 23.0 Å². The molecule has 2 bridgehead atoms. The first-order chi connectivity index (χ1) is 22.9. The van der Waals surface area contributed by atoms with E-state index in [4.69, 9.17) is 15.5 Å². The molecule has 2 aliphatic carbocycles. The molecular formula is C38H35N7O2. The molecule has 2 N–H and O–H groups in total. The zero-order valence-electron chi connectivity index (χ0n) is 26.5. The van der Waals surface area contributed by atoms with E-state index in [1.807, 2.05) is 36.2 Å². The maximum atomic E-state index is 13.8. The predicted octanol–water partition coefficient (Wildman–Crippen LogP) is 6.26. The van der Waals surface area contributed by atoms with Crippen LogP contribution in [0.25, 0.3) is 55.5 Å². The number of aryl methyl sites for hydroxylation is 1. The van der Waals surface area contributed by atoms with Gasteiger partial charge in [-0.1, -0.05) is 18.2 Å². The standard InChI is InChI=1S/C38H35N7O2/c1-43-36-30(14-27(17-34(36)47-2)38(46)45-20-26-9-12-31(45)35(26)40)42-37(43)33-16-25-6-5-23(15-32(25)44(33)19-21-3-4-21)22-8-11-29-24(13-22)7-10-28(18-39)41-29/h5-8,10-11,13-17,21,26,31,35H,3-4,9,12,19-20,40H2,1-2H3/t26?,31?,35-/m1/s1. The van der Waals surface area contributed by atoms with E-state index in [1.165, 1.54) is 12.8 Å². The summed E-state index contributed by atoms with van der Waals surface area (Å²) in [5, 5.41) is 11.4. The Labute approximate surface area is 272 Å². The quantitative estimate of drug-likeness (QED) is 0.235. The first-order valence-corrected chi connectivity index (χ1v) is 16.5. The summed E-state index contributed by atoms with van der Waals surface area (Å²) in [6.45, 7) is 1.64. The van der Waals surface area contributed by atoms with Crippen molar-refractivity contribution < 1.29 is 9.53 Å². The minimum Gasteiger partial charge on any atom is -0.494 e. The fourth-order valence-electron chi connectivity index (χ4n) is 8.01. The third kappa shape index (κ3) is 4.43. The van der Waals surface area contributed by atoms with E-state index in [1.54, 1.807) is 13.2 Å². The van der Waals surface area contributed by atoms with E-state index in [2.05, 4.69) is 56.6 Å². The number of piperidine rings is 1. The van der Waals surface area contributed by atoms with E-state index in [0.717, 1.165) is 81.4 Å². The van der Waals surface area contributed by atoms with Gasteiger partial charge in [-0.05, 0) is 97.2 Å². The number of rotatable bonds is 6. The third-order valence-electron chi connectivity index (χ3n) is 10.7. The summed E-state index contributed by atoms with van der Waals surface area (Å²) in [6, 6.07) is 24.9. The monoisotopic (exact) mass is 621 g/mol. The van der Waals surface area contributed by atoms with Crippen molar-refractivity contribution in [3.8, 4) is 34.5 Å². The van der Waals surface area contributed by atoms with Gasteiger partial charge in [0.2, 0.25) is 0 Å². The number of benzene rings is 3. The Hall–Kier alpha value is -5.20. The first-order valence-electron chi connectivity index (χ1n) is 16.5. The van der Waals surface area contributed by atoms with Gasteiger partial charge in [0.25, 0.3) is 5.91 Å². The number of aromatic nitrogens is 4. The number of imidazole rings is 1. The van der Waals surface area contributed by atoms with Gasteiger partial charge < -0.3 is 24.5 Å². The lowest BCUT2D eigenvalue weighted by Gasteiger charge is -2.27. The molecule has 9 rings (SSSR count). The number of hydrogen-bond donors (Lipinski definition) is 1. The number of methoxy groups -OCH3 is 1. The smallest absolute Gasteiger partial charge is 0.254 e. The lowest BCUT2D eigenvalue weighted by Crippen LogP contribution is -2.41. The van der Waals surface area contributed by atoms with Crippen molar-refractivity contribution in [3.05, 3.63) is 78.0 Å². The molecule has 0 radical (unpaired) electrons. The van der Waals surface area contributed by atoms with Crippen LogP contribution in [0.4, 0.5) is 0 Å². The molecule has 4 heterocycles. The number of nitrogens with two attached hydrogens (primary N) is 1. The van der Waals surface area contributed by atoms with Crippen LogP contribution in [0.5, 0.6) is 5.75 Å². The van der Waals surface area contributed by atoms with Gasteiger partial charge in [0.15, 0.2) is 5.82 Å². The number of nitriles is 1. The highest BCUT2D eigenvalue weighted by molar-refractivity contribution is 6.01. The summed E-state index contributed by atoms with van der Waals surface area (Å²) in [4.78, 5) is 25.3. The number of amides is 1. The fraction of sp³-hybridized carbons (Fsp3) is 0.316. The lowest BCUT2D eigenvalue weighted by atomic mass is 10.0. The van der Waals surface area contributed by atoms with Crippen LogP contribution in [0.1, 0.15) is 41.7 Å². The zero-order valence-corrected chi connectivity index (χ0v) is 26.5. The molecule has 6 aromatic rings. The van der Waals surface area contributed by atoms with Gasteiger partial charge in [0, 0.05) is 54.1 Å². The molecule has 47 heavy (non-hydrogen) atoms. The minimum absolute atomic E-state index is 0.00500. The van der Waals surface area contributed by atoms with E-state index in [9.17, 15) is 10.1 Å². The lowest BCUT2D eigenvalue weighted by molar-refractivity contribution is 0.0700. The van der Waals surface area contributed by atoms with Crippen LogP contribution in [-0.4, -0.2) is 55.6 Å². The Bertz CT molecular complexity index is 2310. The molecule has 1 amide bonds. The molecule has 0 spiro atoms. The van der Waals surface area contributed by atoms with Crippen LogP contribution in [0.2, 0.25) is 0 Å². The first kappa shape index (κ1) is 28.1. The van der Waals surface area contributed by atoms with Gasteiger partial charge in [0.05, 0.1) is 23.8 Å². The van der Waals surface area contributed by atoms with E-state index < -0.39 is 0 Å². The number of ether oxygens (including phenoxy) is 1. The van der Waals surface area contributed by atoms with Crippen LogP contribution in [-0.2, 0) is 13.6 Å². The number of fused-ring (bicyclic) bond motifs is 5. The van der Waals surface area contributed by atoms with Crippen molar-refractivity contribution in [1.29, 1.82) is 5.26 Å². The SMILES string of the molecule is COc1cc(C(=O)N2CC3CCC2[C@@H]3N)cc2nc(-c3cc4ccc(-c5ccc6nc(C#N)ccc6c5)cc4n3CC3CC3)n(C)c12. The van der Waals surface area contributed by atoms with E-state index in [-0.39, 0.29) is 18.0 Å². The summed E-state index contributed by atoms with van der Waals surface area (Å²) in [6.07, 6.45) is 4.52. The maximum absolute atomic E-state index is 13.8. The Balaban J connectivity index is 1.14. The third-order valence-corrected chi connectivity index (χ3v) is 10.7. The molecule has 3 aliphatic rings. The minimum atomic E-state index is 0.00500. The summed E-state index contributed by atoms with van der Waals surface area (Å²) in [5.41, 5.74) is 14.3. The number of carbonyl (C=O) groups is 1. The average Bonchev–Trinajstić information content (AvgIpc) is 3.50. The second kappa shape index (κ2) is 10.4. The zero-order chi connectivity index (χ0) is 32.0. The Morgan fingerprint density at radius 2 is 1.77 bits per heavy atom. The van der Waals surface area contributed by atoms with Gasteiger partial charge in [-0.2, -0.15) is 5.26 Å². The Kier molecular flexibility index (Phi) is 6.21. The number of pyridine rings is 1. The summed E-state index contributed by atoms with van der Waals surface area (Å²) in [7, 11) is 3.68. The van der Waals surface area contributed by atoms with Gasteiger partial charge in [-0.3, -0.25) is 4.79 Å². The molecule has 9 heteroatoms. The molecule has 9 nitrogen and oxygen atoms in total.